The van der Waals surface area contributed by atoms with Crippen LogP contribution < -0.4 is 20.1 Å². The highest BCUT2D eigenvalue weighted by Gasteiger charge is 2.14. The molecule has 0 fully saturated rings. The lowest BCUT2D eigenvalue weighted by Crippen LogP contribution is -2.25. The van der Waals surface area contributed by atoms with Gasteiger partial charge in [-0.1, -0.05) is 6.07 Å². The molecule has 1 heterocycles. The average Bonchev–Trinajstić information content (AvgIpc) is 3.07. The van der Waals surface area contributed by atoms with E-state index >= 15 is 0 Å². The first-order valence-corrected chi connectivity index (χ1v) is 7.80. The van der Waals surface area contributed by atoms with Gasteiger partial charge < -0.3 is 24.8 Å². The summed E-state index contributed by atoms with van der Waals surface area (Å²) < 4.78 is 15.3. The Morgan fingerprint density at radius 2 is 2.16 bits per heavy atom. The number of rotatable bonds is 8. The zero-order valence-corrected chi connectivity index (χ0v) is 13.8. The third kappa shape index (κ3) is 5.42. The molecule has 2 N–H and O–H groups in total. The first-order chi connectivity index (χ1) is 12.1. The van der Waals surface area contributed by atoms with Gasteiger partial charge in [0.15, 0.2) is 11.5 Å². The second-order valence-corrected chi connectivity index (χ2v) is 5.05. The Bertz CT molecular complexity index is 709. The highest BCUT2D eigenvalue weighted by Crippen LogP contribution is 2.32. The number of hydrogen-bond acceptors (Lipinski definition) is 7. The predicted octanol–water partition coefficient (Wildman–Crippen LogP) is 0.982. The normalized spacial score (nSPS) is 12.2. The van der Waals surface area contributed by atoms with Crippen LogP contribution in [-0.2, 0) is 20.9 Å². The van der Waals surface area contributed by atoms with Crippen LogP contribution in [0, 0.1) is 11.3 Å². The van der Waals surface area contributed by atoms with Crippen molar-refractivity contribution in [3.63, 3.8) is 0 Å². The number of nitrogens with one attached hydrogen (secondary N) is 2. The van der Waals surface area contributed by atoms with Crippen LogP contribution in [-0.4, -0.2) is 31.8 Å². The number of benzene rings is 1. The summed E-state index contributed by atoms with van der Waals surface area (Å²) in [5.74, 6) is 0.444. The molecule has 1 amide bonds. The monoisotopic (exact) mass is 345 g/mol. The van der Waals surface area contributed by atoms with E-state index in [2.05, 4.69) is 10.6 Å². The topological polar surface area (TPSA) is 110 Å². The maximum absolute atomic E-state index is 12.0. The molecule has 1 aromatic carbocycles. The summed E-state index contributed by atoms with van der Waals surface area (Å²) in [6, 6.07) is 7.16. The molecule has 8 nitrogen and oxygen atoms in total. The van der Waals surface area contributed by atoms with Gasteiger partial charge in [0.2, 0.25) is 6.79 Å². The molecule has 0 saturated carbocycles. The Kier molecular flexibility index (Phi) is 6.65. The van der Waals surface area contributed by atoms with E-state index in [1.165, 1.54) is 6.20 Å². The molecule has 0 unspecified atom stereocenters. The van der Waals surface area contributed by atoms with Gasteiger partial charge in [-0.2, -0.15) is 5.26 Å². The summed E-state index contributed by atoms with van der Waals surface area (Å²) in [7, 11) is 0. The van der Waals surface area contributed by atoms with Crippen molar-refractivity contribution < 1.29 is 23.8 Å². The summed E-state index contributed by atoms with van der Waals surface area (Å²) in [6.07, 6.45) is 1.44. The second-order valence-electron chi connectivity index (χ2n) is 5.05. The minimum Gasteiger partial charge on any atom is -0.466 e. The molecule has 132 valence electrons. The molecule has 1 aliphatic rings. The molecular formula is C17H19N3O5. The molecule has 0 aromatic heterocycles. The lowest BCUT2D eigenvalue weighted by molar-refractivity contribution is -0.142. The summed E-state index contributed by atoms with van der Waals surface area (Å²) in [5.41, 5.74) is 0.745. The molecule has 0 saturated heterocycles. The smallest absolute Gasteiger partial charge is 0.307 e. The lowest BCUT2D eigenvalue weighted by atomic mass is 10.2. The Balaban J connectivity index is 1.80. The van der Waals surface area contributed by atoms with Crippen LogP contribution >= 0.6 is 0 Å². The SMILES string of the molecule is CCOC(=O)CCN/C=C(/C#N)C(=O)NCc1ccc2c(c1)OCO2. The van der Waals surface area contributed by atoms with Gasteiger partial charge in [0.1, 0.15) is 11.6 Å². The maximum atomic E-state index is 12.0. The molecule has 1 aliphatic heterocycles. The number of fused-ring (bicyclic) bond motifs is 1. The Morgan fingerprint density at radius 3 is 2.92 bits per heavy atom. The van der Waals surface area contributed by atoms with Crippen molar-refractivity contribution in [2.24, 2.45) is 0 Å². The third-order valence-corrected chi connectivity index (χ3v) is 3.28. The van der Waals surface area contributed by atoms with Crippen LogP contribution in [0.5, 0.6) is 11.5 Å². The van der Waals surface area contributed by atoms with E-state index in [-0.39, 0.29) is 37.8 Å². The summed E-state index contributed by atoms with van der Waals surface area (Å²) >= 11 is 0. The number of carbonyl (C=O) groups excluding carboxylic acids is 2. The standard InChI is InChI=1S/C17H19N3O5/c1-2-23-16(21)5-6-19-10-13(8-18)17(22)20-9-12-3-4-14-15(7-12)25-11-24-14/h3-4,7,10,19H,2,5-6,9,11H2,1H3,(H,20,22)/b13-10-. The van der Waals surface area contributed by atoms with E-state index in [0.717, 1.165) is 5.56 Å². The molecule has 2 rings (SSSR count). The van der Waals surface area contributed by atoms with E-state index in [9.17, 15) is 9.59 Å². The molecular weight excluding hydrogens is 326 g/mol. The van der Waals surface area contributed by atoms with Crippen LogP contribution in [0.1, 0.15) is 18.9 Å². The van der Waals surface area contributed by atoms with Gasteiger partial charge in [0.25, 0.3) is 5.91 Å². The zero-order valence-electron chi connectivity index (χ0n) is 13.8. The van der Waals surface area contributed by atoms with Gasteiger partial charge in [-0.05, 0) is 24.6 Å². The van der Waals surface area contributed by atoms with Gasteiger partial charge >= 0.3 is 5.97 Å². The van der Waals surface area contributed by atoms with Crippen LogP contribution in [0.2, 0.25) is 0 Å². The van der Waals surface area contributed by atoms with Crippen molar-refractivity contribution >= 4 is 11.9 Å². The van der Waals surface area contributed by atoms with Crippen LogP contribution in [0.3, 0.4) is 0 Å². The summed E-state index contributed by atoms with van der Waals surface area (Å²) in [6.45, 7) is 2.75. The fraction of sp³-hybridized carbons (Fsp3) is 0.353. The van der Waals surface area contributed by atoms with Crippen LogP contribution in [0.25, 0.3) is 0 Å². The van der Waals surface area contributed by atoms with E-state index in [4.69, 9.17) is 19.5 Å². The minimum absolute atomic E-state index is 0.0791. The number of ether oxygens (including phenoxy) is 3. The fourth-order valence-electron chi connectivity index (χ4n) is 2.06. The average molecular weight is 345 g/mol. The maximum Gasteiger partial charge on any atom is 0.307 e. The van der Waals surface area contributed by atoms with Gasteiger partial charge in [-0.25, -0.2) is 0 Å². The number of hydrogen-bond donors (Lipinski definition) is 2. The van der Waals surface area contributed by atoms with Crippen molar-refractivity contribution in [3.05, 3.63) is 35.5 Å². The molecule has 0 aliphatic carbocycles. The Hall–Kier alpha value is -3.21. The second kappa shape index (κ2) is 9.17. The minimum atomic E-state index is -0.510. The van der Waals surface area contributed by atoms with Crippen molar-refractivity contribution in [2.75, 3.05) is 19.9 Å². The van der Waals surface area contributed by atoms with Crippen molar-refractivity contribution in [3.8, 4) is 17.6 Å². The molecule has 0 spiro atoms. The molecule has 1 aromatic rings. The fourth-order valence-corrected chi connectivity index (χ4v) is 2.06. The molecule has 8 heteroatoms. The number of nitrogens with zero attached hydrogens (tertiary/aromatic N) is 1. The van der Waals surface area contributed by atoms with E-state index in [1.54, 1.807) is 25.1 Å². The van der Waals surface area contributed by atoms with Crippen LogP contribution in [0.15, 0.2) is 30.0 Å². The molecule has 25 heavy (non-hydrogen) atoms. The summed E-state index contributed by atoms with van der Waals surface area (Å²) in [5, 5.41) is 14.5. The quantitative estimate of drug-likeness (QED) is 0.313. The highest BCUT2D eigenvalue weighted by molar-refractivity contribution is 5.97. The number of esters is 1. The molecule has 0 atom stereocenters. The van der Waals surface area contributed by atoms with Crippen molar-refractivity contribution in [1.82, 2.24) is 10.6 Å². The Labute approximate surface area is 145 Å². The van der Waals surface area contributed by atoms with Gasteiger partial charge in [-0.15, -0.1) is 0 Å². The number of amides is 1. The molecule has 0 radical (unpaired) electrons. The number of nitriles is 1. The van der Waals surface area contributed by atoms with Gasteiger partial charge in [0.05, 0.1) is 13.0 Å². The van der Waals surface area contributed by atoms with E-state index in [1.807, 2.05) is 6.07 Å². The van der Waals surface area contributed by atoms with E-state index in [0.29, 0.717) is 18.1 Å². The molecule has 0 bridgehead atoms. The van der Waals surface area contributed by atoms with Crippen LogP contribution in [0.4, 0.5) is 0 Å². The van der Waals surface area contributed by atoms with Crippen molar-refractivity contribution in [1.29, 1.82) is 5.26 Å². The first-order valence-electron chi connectivity index (χ1n) is 7.80. The highest BCUT2D eigenvalue weighted by atomic mass is 16.7. The zero-order chi connectivity index (χ0) is 18.1. The predicted molar refractivity (Wildman–Crippen MR) is 87.4 cm³/mol. The van der Waals surface area contributed by atoms with E-state index < -0.39 is 5.91 Å². The van der Waals surface area contributed by atoms with Crippen molar-refractivity contribution in [2.45, 2.75) is 19.9 Å². The largest absolute Gasteiger partial charge is 0.466 e. The first kappa shape index (κ1) is 18.1. The third-order valence-electron chi connectivity index (χ3n) is 3.28. The van der Waals surface area contributed by atoms with Gasteiger partial charge in [0, 0.05) is 19.3 Å². The van der Waals surface area contributed by atoms with Gasteiger partial charge in [-0.3, -0.25) is 9.59 Å². The lowest BCUT2D eigenvalue weighted by Gasteiger charge is -2.06. The summed E-state index contributed by atoms with van der Waals surface area (Å²) in [4.78, 5) is 23.2. The Morgan fingerprint density at radius 1 is 1.36 bits per heavy atom. The number of carbonyl (C=O) groups is 2.